The molecule has 1 aliphatic carbocycles. The Morgan fingerprint density at radius 2 is 2.00 bits per heavy atom. The SMILES string of the molecule is Cc1cccc(C(=O)N(C)[C@@H]2CC[C@@H](N3CCCC3)[C@@H]2O)c1. The summed E-state index contributed by atoms with van der Waals surface area (Å²) < 4.78 is 0. The van der Waals surface area contributed by atoms with Gasteiger partial charge in [0.05, 0.1) is 12.1 Å². The van der Waals surface area contributed by atoms with Gasteiger partial charge >= 0.3 is 0 Å². The standard InChI is InChI=1S/C18H26N2O2/c1-13-6-5-7-14(12-13)18(22)19(2)15-8-9-16(17(15)21)20-10-3-4-11-20/h5-7,12,15-17,21H,3-4,8-11H2,1-2H3/t15-,16-,17-/m1/s1. The molecule has 1 heterocycles. The number of nitrogens with zero attached hydrogens (tertiary/aromatic N) is 2. The average molecular weight is 302 g/mol. The molecule has 0 unspecified atom stereocenters. The third kappa shape index (κ3) is 2.90. The maximum atomic E-state index is 12.7. The molecule has 1 aromatic rings. The van der Waals surface area contributed by atoms with Gasteiger partial charge in [0.2, 0.25) is 0 Å². The van der Waals surface area contributed by atoms with E-state index < -0.39 is 6.10 Å². The van der Waals surface area contributed by atoms with E-state index in [2.05, 4.69) is 4.90 Å². The van der Waals surface area contributed by atoms with E-state index >= 15 is 0 Å². The number of likely N-dealkylation sites (N-methyl/N-ethyl adjacent to an activating group) is 1. The number of hydrogen-bond donors (Lipinski definition) is 1. The van der Waals surface area contributed by atoms with E-state index in [1.807, 2.05) is 38.2 Å². The Kier molecular flexibility index (Phi) is 4.50. The van der Waals surface area contributed by atoms with Crippen LogP contribution in [-0.2, 0) is 0 Å². The maximum Gasteiger partial charge on any atom is 0.253 e. The second kappa shape index (κ2) is 6.39. The van der Waals surface area contributed by atoms with Crippen molar-refractivity contribution in [3.63, 3.8) is 0 Å². The summed E-state index contributed by atoms with van der Waals surface area (Å²) in [6.07, 6.45) is 3.89. The molecule has 0 aromatic heterocycles. The van der Waals surface area contributed by atoms with Crippen LogP contribution in [0.4, 0.5) is 0 Å². The normalized spacial score (nSPS) is 29.0. The van der Waals surface area contributed by atoms with Gasteiger partial charge in [0.25, 0.3) is 5.91 Å². The Hall–Kier alpha value is -1.39. The fourth-order valence-electron chi connectivity index (χ4n) is 3.97. The Balaban J connectivity index is 1.69. The average Bonchev–Trinajstić information content (AvgIpc) is 3.15. The minimum Gasteiger partial charge on any atom is -0.389 e. The number of rotatable bonds is 3. The molecule has 120 valence electrons. The molecule has 4 heteroatoms. The Bertz CT molecular complexity index is 540. The van der Waals surface area contributed by atoms with Crippen molar-refractivity contribution in [2.24, 2.45) is 0 Å². The zero-order valence-electron chi connectivity index (χ0n) is 13.5. The van der Waals surface area contributed by atoms with Crippen LogP contribution < -0.4 is 0 Å². The third-order valence-corrected chi connectivity index (χ3v) is 5.24. The van der Waals surface area contributed by atoms with E-state index in [0.29, 0.717) is 5.56 Å². The lowest BCUT2D eigenvalue weighted by Crippen LogP contribution is -2.48. The summed E-state index contributed by atoms with van der Waals surface area (Å²) in [5.41, 5.74) is 1.79. The monoisotopic (exact) mass is 302 g/mol. The number of aryl methyl sites for hydroxylation is 1. The van der Waals surface area contributed by atoms with Gasteiger partial charge < -0.3 is 10.0 Å². The van der Waals surface area contributed by atoms with Crippen molar-refractivity contribution in [3.05, 3.63) is 35.4 Å². The second-order valence-electron chi connectivity index (χ2n) is 6.73. The molecule has 3 atom stereocenters. The highest BCUT2D eigenvalue weighted by molar-refractivity contribution is 5.94. The molecule has 22 heavy (non-hydrogen) atoms. The summed E-state index contributed by atoms with van der Waals surface area (Å²) in [5, 5.41) is 10.7. The van der Waals surface area contributed by atoms with Crippen LogP contribution in [0.1, 0.15) is 41.6 Å². The zero-order chi connectivity index (χ0) is 15.7. The van der Waals surface area contributed by atoms with Crippen LogP contribution in [0, 0.1) is 6.92 Å². The van der Waals surface area contributed by atoms with E-state index in [4.69, 9.17) is 0 Å². The number of benzene rings is 1. The first-order valence-corrected chi connectivity index (χ1v) is 8.34. The Morgan fingerprint density at radius 3 is 2.68 bits per heavy atom. The summed E-state index contributed by atoms with van der Waals surface area (Å²) in [7, 11) is 1.82. The zero-order valence-corrected chi connectivity index (χ0v) is 13.5. The maximum absolute atomic E-state index is 12.7. The smallest absolute Gasteiger partial charge is 0.253 e. The molecule has 1 saturated carbocycles. The highest BCUT2D eigenvalue weighted by atomic mass is 16.3. The molecule has 1 amide bonds. The number of hydrogen-bond acceptors (Lipinski definition) is 3. The van der Waals surface area contributed by atoms with Crippen molar-refractivity contribution in [1.82, 2.24) is 9.80 Å². The van der Waals surface area contributed by atoms with Crippen LogP contribution in [0.3, 0.4) is 0 Å². The van der Waals surface area contributed by atoms with E-state index in [0.717, 1.165) is 31.5 Å². The molecule has 1 aliphatic heterocycles. The molecular weight excluding hydrogens is 276 g/mol. The highest BCUT2D eigenvalue weighted by Gasteiger charge is 2.42. The molecule has 2 aliphatic rings. The first kappa shape index (κ1) is 15.5. The molecule has 1 aromatic carbocycles. The topological polar surface area (TPSA) is 43.8 Å². The van der Waals surface area contributed by atoms with Gasteiger partial charge in [-0.25, -0.2) is 0 Å². The van der Waals surface area contributed by atoms with E-state index in [1.54, 1.807) is 4.90 Å². The Morgan fingerprint density at radius 1 is 1.27 bits per heavy atom. The van der Waals surface area contributed by atoms with Gasteiger partial charge in [-0.15, -0.1) is 0 Å². The summed E-state index contributed by atoms with van der Waals surface area (Å²) in [4.78, 5) is 16.8. The third-order valence-electron chi connectivity index (χ3n) is 5.24. The van der Waals surface area contributed by atoms with Gasteiger partial charge in [-0.05, 0) is 57.8 Å². The van der Waals surface area contributed by atoms with Crippen molar-refractivity contribution in [1.29, 1.82) is 0 Å². The molecule has 0 bridgehead atoms. The second-order valence-corrected chi connectivity index (χ2v) is 6.73. The first-order valence-electron chi connectivity index (χ1n) is 8.34. The molecule has 1 saturated heterocycles. The van der Waals surface area contributed by atoms with Crippen molar-refractivity contribution in [3.8, 4) is 0 Å². The highest BCUT2D eigenvalue weighted by Crippen LogP contribution is 2.30. The van der Waals surface area contributed by atoms with Gasteiger partial charge in [0, 0.05) is 18.7 Å². The van der Waals surface area contributed by atoms with Gasteiger partial charge in [-0.3, -0.25) is 9.69 Å². The largest absolute Gasteiger partial charge is 0.389 e. The van der Waals surface area contributed by atoms with Crippen LogP contribution >= 0.6 is 0 Å². The number of amides is 1. The van der Waals surface area contributed by atoms with Gasteiger partial charge in [-0.2, -0.15) is 0 Å². The quantitative estimate of drug-likeness (QED) is 0.929. The van der Waals surface area contributed by atoms with E-state index in [9.17, 15) is 9.90 Å². The minimum atomic E-state index is -0.433. The van der Waals surface area contributed by atoms with Crippen LogP contribution in [0.5, 0.6) is 0 Å². The molecule has 2 fully saturated rings. The summed E-state index contributed by atoms with van der Waals surface area (Å²) >= 11 is 0. The lowest BCUT2D eigenvalue weighted by Gasteiger charge is -2.32. The molecule has 1 N–H and O–H groups in total. The number of likely N-dealkylation sites (tertiary alicyclic amines) is 1. The van der Waals surface area contributed by atoms with Crippen LogP contribution in [0.2, 0.25) is 0 Å². The van der Waals surface area contributed by atoms with Crippen LogP contribution in [-0.4, -0.2) is 59.1 Å². The number of aliphatic hydroxyl groups excluding tert-OH is 1. The molecule has 0 spiro atoms. The van der Waals surface area contributed by atoms with Crippen molar-refractivity contribution < 1.29 is 9.90 Å². The van der Waals surface area contributed by atoms with E-state index in [1.165, 1.54) is 12.8 Å². The van der Waals surface area contributed by atoms with Gasteiger partial charge in [-0.1, -0.05) is 17.7 Å². The van der Waals surface area contributed by atoms with Crippen LogP contribution in [0.15, 0.2) is 24.3 Å². The Labute approximate surface area is 132 Å². The predicted octanol–water partition coefficient (Wildman–Crippen LogP) is 2.05. The molecule has 4 nitrogen and oxygen atoms in total. The lowest BCUT2D eigenvalue weighted by molar-refractivity contribution is 0.0296. The van der Waals surface area contributed by atoms with Crippen molar-refractivity contribution >= 4 is 5.91 Å². The molecule has 3 rings (SSSR count). The summed E-state index contributed by atoms with van der Waals surface area (Å²) in [6.45, 7) is 4.17. The van der Waals surface area contributed by atoms with Crippen LogP contribution in [0.25, 0.3) is 0 Å². The number of carbonyl (C=O) groups excluding carboxylic acids is 1. The van der Waals surface area contributed by atoms with Gasteiger partial charge in [0.1, 0.15) is 0 Å². The number of carbonyl (C=O) groups is 1. The van der Waals surface area contributed by atoms with E-state index in [-0.39, 0.29) is 18.0 Å². The summed E-state index contributed by atoms with van der Waals surface area (Å²) in [5.74, 6) is 0.00909. The van der Waals surface area contributed by atoms with Gasteiger partial charge in [0.15, 0.2) is 0 Å². The molecule has 0 radical (unpaired) electrons. The van der Waals surface area contributed by atoms with Crippen molar-refractivity contribution in [2.45, 2.75) is 50.8 Å². The lowest BCUT2D eigenvalue weighted by atomic mass is 10.1. The predicted molar refractivity (Wildman–Crippen MR) is 86.9 cm³/mol. The fraction of sp³-hybridized carbons (Fsp3) is 0.611. The molecular formula is C18H26N2O2. The fourth-order valence-corrected chi connectivity index (χ4v) is 3.97. The van der Waals surface area contributed by atoms with Crippen molar-refractivity contribution in [2.75, 3.05) is 20.1 Å². The number of aliphatic hydroxyl groups is 1. The first-order chi connectivity index (χ1) is 10.6. The summed E-state index contributed by atoms with van der Waals surface area (Å²) in [6, 6.07) is 7.82. The minimum absolute atomic E-state index is 0.00909.